The molecular formula is C15H34O. The molecule has 0 amide bonds. The van der Waals surface area contributed by atoms with Gasteiger partial charge in [-0.1, -0.05) is 74.7 Å². The topological polar surface area (TPSA) is 9.23 Å². The van der Waals surface area contributed by atoms with Gasteiger partial charge in [-0.15, -0.1) is 0 Å². The van der Waals surface area contributed by atoms with Gasteiger partial charge in [0.15, 0.2) is 0 Å². The highest BCUT2D eigenvalue weighted by Gasteiger charge is 2.14. The Bertz CT molecular complexity index is 120. The van der Waals surface area contributed by atoms with Crippen LogP contribution in [0.3, 0.4) is 0 Å². The zero-order valence-corrected chi connectivity index (χ0v) is 12.9. The van der Waals surface area contributed by atoms with E-state index in [1.54, 1.807) is 0 Å². The van der Waals surface area contributed by atoms with Crippen molar-refractivity contribution in [3.63, 3.8) is 0 Å². The average molecular weight is 230 g/mol. The largest absolute Gasteiger partial charge is 0.380 e. The summed E-state index contributed by atoms with van der Waals surface area (Å²) < 4.78 is 5.56. The van der Waals surface area contributed by atoms with Crippen LogP contribution in [0.5, 0.6) is 0 Å². The monoisotopic (exact) mass is 230 g/mol. The van der Waals surface area contributed by atoms with Crippen LogP contribution in [-0.2, 0) is 4.74 Å². The fraction of sp³-hybridized carbons (Fsp3) is 1.00. The Morgan fingerprint density at radius 2 is 1.00 bits per heavy atom. The lowest BCUT2D eigenvalue weighted by molar-refractivity contribution is 0.0275. The van der Waals surface area contributed by atoms with Crippen LogP contribution in [-0.4, -0.2) is 13.2 Å². The van der Waals surface area contributed by atoms with Crippen molar-refractivity contribution in [2.45, 2.75) is 74.7 Å². The van der Waals surface area contributed by atoms with Crippen LogP contribution in [0.4, 0.5) is 0 Å². The van der Waals surface area contributed by atoms with Crippen molar-refractivity contribution in [2.24, 2.45) is 10.8 Å². The lowest BCUT2D eigenvalue weighted by Gasteiger charge is -2.23. The lowest BCUT2D eigenvalue weighted by Crippen LogP contribution is -2.21. The highest BCUT2D eigenvalue weighted by atomic mass is 16.5. The fourth-order valence-corrected chi connectivity index (χ4v) is 1.02. The summed E-state index contributed by atoms with van der Waals surface area (Å²) >= 11 is 0. The second kappa shape index (κ2) is 9.04. The Labute approximate surface area is 104 Å². The van der Waals surface area contributed by atoms with Gasteiger partial charge in [0.05, 0.1) is 13.2 Å². The molecule has 0 atom stereocenters. The van der Waals surface area contributed by atoms with Gasteiger partial charge in [-0.3, -0.25) is 0 Å². The molecule has 1 heteroatoms. The molecule has 0 aliphatic rings. The molecule has 16 heavy (non-hydrogen) atoms. The molecule has 0 aromatic rings. The van der Waals surface area contributed by atoms with E-state index in [0.717, 1.165) is 13.2 Å². The van der Waals surface area contributed by atoms with E-state index in [2.05, 4.69) is 55.4 Å². The third kappa shape index (κ3) is 23.6. The van der Waals surface area contributed by atoms with Gasteiger partial charge < -0.3 is 4.74 Å². The Morgan fingerprint density at radius 3 is 1.12 bits per heavy atom. The average Bonchev–Trinajstić information content (AvgIpc) is 2.01. The summed E-state index contributed by atoms with van der Waals surface area (Å²) in [6.07, 6.45) is 4.08. The number of unbranched alkanes of at least 4 members (excludes halogenated alkanes) is 2. The molecule has 100 valence electrons. The SMILES string of the molecule is CC(C)(C)COCC(C)(C)C.CCCCC. The lowest BCUT2D eigenvalue weighted by atomic mass is 9.97. The maximum atomic E-state index is 5.56. The van der Waals surface area contributed by atoms with E-state index < -0.39 is 0 Å². The zero-order valence-electron chi connectivity index (χ0n) is 12.9. The molecule has 0 saturated carbocycles. The molecule has 0 aromatic heterocycles. The molecule has 0 radical (unpaired) electrons. The number of ether oxygens (including phenoxy) is 1. The Kier molecular flexibility index (Phi) is 10.4. The molecule has 0 aliphatic heterocycles. The van der Waals surface area contributed by atoms with Crippen molar-refractivity contribution in [1.29, 1.82) is 0 Å². The van der Waals surface area contributed by atoms with Crippen LogP contribution in [0, 0.1) is 10.8 Å². The van der Waals surface area contributed by atoms with Crippen LogP contribution in [0.1, 0.15) is 74.7 Å². The zero-order chi connectivity index (χ0) is 13.2. The Hall–Kier alpha value is -0.0400. The van der Waals surface area contributed by atoms with Gasteiger partial charge in [-0.25, -0.2) is 0 Å². The van der Waals surface area contributed by atoms with Crippen molar-refractivity contribution in [1.82, 2.24) is 0 Å². The van der Waals surface area contributed by atoms with Crippen LogP contribution in [0.15, 0.2) is 0 Å². The molecule has 0 fully saturated rings. The van der Waals surface area contributed by atoms with Crippen molar-refractivity contribution in [3.8, 4) is 0 Å². The molecule has 0 spiro atoms. The van der Waals surface area contributed by atoms with Gasteiger partial charge in [0, 0.05) is 0 Å². The standard InChI is InChI=1S/C10H22O.C5H12/c1-9(2,3)7-11-8-10(4,5)6;1-3-5-4-2/h7-8H2,1-6H3;3-5H2,1-2H3. The predicted octanol–water partition coefficient (Wildman–Crippen LogP) is 5.29. The first kappa shape index (κ1) is 18.3. The van der Waals surface area contributed by atoms with Gasteiger partial charge in [-0.05, 0) is 10.8 Å². The summed E-state index contributed by atoms with van der Waals surface area (Å²) in [6, 6.07) is 0. The highest BCUT2D eigenvalue weighted by Crippen LogP contribution is 2.17. The first-order chi connectivity index (χ1) is 7.12. The quantitative estimate of drug-likeness (QED) is 0.637. The molecule has 0 saturated heterocycles. The van der Waals surface area contributed by atoms with E-state index in [4.69, 9.17) is 4.74 Å². The number of hydrogen-bond acceptors (Lipinski definition) is 1. The minimum Gasteiger partial charge on any atom is -0.380 e. The van der Waals surface area contributed by atoms with Crippen molar-refractivity contribution >= 4 is 0 Å². The molecule has 0 heterocycles. The third-order valence-electron chi connectivity index (χ3n) is 1.78. The summed E-state index contributed by atoms with van der Waals surface area (Å²) in [5.41, 5.74) is 0.594. The third-order valence-corrected chi connectivity index (χ3v) is 1.78. The summed E-state index contributed by atoms with van der Waals surface area (Å²) in [7, 11) is 0. The Balaban J connectivity index is 0. The van der Waals surface area contributed by atoms with Crippen LogP contribution >= 0.6 is 0 Å². The normalized spacial score (nSPS) is 12.0. The first-order valence-corrected chi connectivity index (χ1v) is 6.70. The van der Waals surface area contributed by atoms with E-state index in [1.807, 2.05) is 0 Å². The van der Waals surface area contributed by atoms with Gasteiger partial charge in [-0.2, -0.15) is 0 Å². The van der Waals surface area contributed by atoms with Crippen molar-refractivity contribution in [3.05, 3.63) is 0 Å². The molecule has 1 nitrogen and oxygen atoms in total. The number of rotatable bonds is 4. The van der Waals surface area contributed by atoms with E-state index in [-0.39, 0.29) is 0 Å². The summed E-state index contributed by atoms with van der Waals surface area (Å²) in [4.78, 5) is 0. The minimum atomic E-state index is 0.297. The van der Waals surface area contributed by atoms with Gasteiger partial charge in [0.2, 0.25) is 0 Å². The molecule has 0 N–H and O–H groups in total. The first-order valence-electron chi connectivity index (χ1n) is 6.70. The Morgan fingerprint density at radius 1 is 0.688 bits per heavy atom. The van der Waals surface area contributed by atoms with Gasteiger partial charge in [0.1, 0.15) is 0 Å². The highest BCUT2D eigenvalue weighted by molar-refractivity contribution is 4.63. The maximum absolute atomic E-state index is 5.56. The molecule has 0 aliphatic carbocycles. The van der Waals surface area contributed by atoms with Crippen LogP contribution < -0.4 is 0 Å². The van der Waals surface area contributed by atoms with Crippen molar-refractivity contribution in [2.75, 3.05) is 13.2 Å². The smallest absolute Gasteiger partial charge is 0.0514 e. The predicted molar refractivity (Wildman–Crippen MR) is 74.9 cm³/mol. The summed E-state index contributed by atoms with van der Waals surface area (Å²) in [5.74, 6) is 0. The van der Waals surface area contributed by atoms with E-state index >= 15 is 0 Å². The summed E-state index contributed by atoms with van der Waals surface area (Å²) in [6.45, 7) is 19.3. The second-order valence-electron chi connectivity index (χ2n) is 6.97. The van der Waals surface area contributed by atoms with E-state index in [9.17, 15) is 0 Å². The fourth-order valence-electron chi connectivity index (χ4n) is 1.02. The molecule has 0 aromatic carbocycles. The molecule has 0 bridgehead atoms. The second-order valence-corrected chi connectivity index (χ2v) is 6.97. The van der Waals surface area contributed by atoms with Gasteiger partial charge in [0.25, 0.3) is 0 Å². The van der Waals surface area contributed by atoms with E-state index in [1.165, 1.54) is 19.3 Å². The molecule has 0 unspecified atom stereocenters. The van der Waals surface area contributed by atoms with E-state index in [0.29, 0.717) is 10.8 Å². The summed E-state index contributed by atoms with van der Waals surface area (Å²) in [5, 5.41) is 0. The van der Waals surface area contributed by atoms with Crippen LogP contribution in [0.25, 0.3) is 0 Å². The number of hydrogen-bond donors (Lipinski definition) is 0. The van der Waals surface area contributed by atoms with Gasteiger partial charge >= 0.3 is 0 Å². The maximum Gasteiger partial charge on any atom is 0.0514 e. The van der Waals surface area contributed by atoms with Crippen molar-refractivity contribution < 1.29 is 4.74 Å². The van der Waals surface area contributed by atoms with Crippen LogP contribution in [0.2, 0.25) is 0 Å². The molecule has 0 rings (SSSR count). The minimum absolute atomic E-state index is 0.297. The molecular weight excluding hydrogens is 196 g/mol.